The van der Waals surface area contributed by atoms with Gasteiger partial charge in [0.15, 0.2) is 6.67 Å². The molecule has 2 atom stereocenters. The van der Waals surface area contributed by atoms with E-state index < -0.39 is 0 Å². The summed E-state index contributed by atoms with van der Waals surface area (Å²) in [7, 11) is 0. The number of nitrogens with zero attached hydrogens (tertiary/aromatic N) is 3. The minimum atomic E-state index is -0.212. The van der Waals surface area contributed by atoms with Gasteiger partial charge >= 0.3 is 0 Å². The van der Waals surface area contributed by atoms with Crippen molar-refractivity contribution in [2.24, 2.45) is 11.8 Å². The fraction of sp³-hybridized carbons (Fsp3) is 0.600. The van der Waals surface area contributed by atoms with Crippen molar-refractivity contribution in [2.45, 2.75) is 25.7 Å². The Morgan fingerprint density at radius 3 is 1.95 bits per heavy atom. The molecule has 1 aliphatic carbocycles. The van der Waals surface area contributed by atoms with Gasteiger partial charge in [-0.25, -0.2) is 4.90 Å². The molecule has 2 rings (SSSR count). The lowest BCUT2D eigenvalue weighted by molar-refractivity contribution is -0.906. The first-order valence-electron chi connectivity index (χ1n) is 7.26. The molecule has 0 bridgehead atoms. The normalized spacial score (nSPS) is 24.0. The largest absolute Gasteiger partial charge is 0.316 e. The average molecular weight is 287 g/mol. The lowest BCUT2D eigenvalue weighted by atomic mass is 9.85. The molecule has 1 heterocycles. The number of carbonyl (C=O) groups excluding carboxylic acids is 2. The van der Waals surface area contributed by atoms with Crippen molar-refractivity contribution in [3.8, 4) is 12.1 Å². The van der Waals surface area contributed by atoms with Crippen molar-refractivity contribution in [3.05, 3.63) is 12.2 Å². The molecule has 0 aromatic carbocycles. The van der Waals surface area contributed by atoms with E-state index in [1.807, 2.05) is 12.2 Å². The van der Waals surface area contributed by atoms with Crippen LogP contribution in [0.3, 0.4) is 0 Å². The Bertz CT molecular complexity index is 485. The van der Waals surface area contributed by atoms with E-state index in [1.54, 1.807) is 0 Å². The SMILES string of the molecule is N#CCC[NH+](CCC#N)CN1C(=O)[C@@H]2CC=CC[C@H]2C1=O. The summed E-state index contributed by atoms with van der Waals surface area (Å²) in [6.45, 7) is 1.36. The molecule has 0 radical (unpaired) electrons. The molecule has 0 aromatic rings. The second kappa shape index (κ2) is 7.01. The smallest absolute Gasteiger partial charge is 0.237 e. The van der Waals surface area contributed by atoms with Crippen LogP contribution in [-0.2, 0) is 9.59 Å². The van der Waals surface area contributed by atoms with E-state index >= 15 is 0 Å². The van der Waals surface area contributed by atoms with Gasteiger partial charge < -0.3 is 4.90 Å². The number of nitrogens with one attached hydrogen (secondary N) is 1. The van der Waals surface area contributed by atoms with Crippen molar-refractivity contribution in [1.29, 1.82) is 10.5 Å². The molecule has 0 spiro atoms. The van der Waals surface area contributed by atoms with Crippen molar-refractivity contribution in [1.82, 2.24) is 4.90 Å². The molecule has 110 valence electrons. The van der Waals surface area contributed by atoms with E-state index in [4.69, 9.17) is 10.5 Å². The molecule has 1 N–H and O–H groups in total. The molecule has 6 nitrogen and oxygen atoms in total. The fourth-order valence-electron chi connectivity index (χ4n) is 3.00. The highest BCUT2D eigenvalue weighted by Crippen LogP contribution is 2.34. The van der Waals surface area contributed by atoms with E-state index in [2.05, 4.69) is 12.1 Å². The number of imide groups is 1. The van der Waals surface area contributed by atoms with Crippen LogP contribution < -0.4 is 4.90 Å². The van der Waals surface area contributed by atoms with Crippen LogP contribution >= 0.6 is 0 Å². The molecule has 1 aliphatic heterocycles. The van der Waals surface area contributed by atoms with Gasteiger partial charge in [-0.1, -0.05) is 12.2 Å². The quantitative estimate of drug-likeness (QED) is 0.532. The van der Waals surface area contributed by atoms with Gasteiger partial charge in [-0.15, -0.1) is 0 Å². The summed E-state index contributed by atoms with van der Waals surface area (Å²) in [4.78, 5) is 27.0. The second-order valence-electron chi connectivity index (χ2n) is 5.48. The van der Waals surface area contributed by atoms with E-state index in [1.165, 1.54) is 4.90 Å². The van der Waals surface area contributed by atoms with Gasteiger partial charge in [0.2, 0.25) is 11.8 Å². The average Bonchev–Trinajstić information content (AvgIpc) is 2.75. The predicted molar refractivity (Wildman–Crippen MR) is 73.2 cm³/mol. The predicted octanol–water partition coefficient (Wildman–Crippen LogP) is -0.393. The molecule has 21 heavy (non-hydrogen) atoms. The number of rotatable bonds is 6. The molecule has 2 aliphatic rings. The maximum absolute atomic E-state index is 12.4. The maximum Gasteiger partial charge on any atom is 0.237 e. The van der Waals surface area contributed by atoms with Gasteiger partial charge in [-0.2, -0.15) is 10.5 Å². The number of likely N-dealkylation sites (tertiary alicyclic amines) is 1. The first-order valence-corrected chi connectivity index (χ1v) is 7.26. The minimum absolute atomic E-state index is 0.0965. The fourth-order valence-corrected chi connectivity index (χ4v) is 3.00. The Kier molecular flexibility index (Phi) is 5.08. The number of quaternary nitrogens is 1. The zero-order valence-electron chi connectivity index (χ0n) is 11.9. The van der Waals surface area contributed by atoms with Gasteiger partial charge in [0.25, 0.3) is 0 Å². The van der Waals surface area contributed by atoms with Crippen LogP contribution in [-0.4, -0.2) is 36.5 Å². The molecule has 0 unspecified atom stereocenters. The molecule has 1 saturated heterocycles. The number of hydrogen-bond donors (Lipinski definition) is 1. The summed E-state index contributed by atoms with van der Waals surface area (Å²) in [6, 6.07) is 4.14. The zero-order chi connectivity index (χ0) is 15.2. The molecular weight excluding hydrogens is 268 g/mol. The van der Waals surface area contributed by atoms with Crippen molar-refractivity contribution in [2.75, 3.05) is 19.8 Å². The minimum Gasteiger partial charge on any atom is -0.316 e. The third-order valence-corrected chi connectivity index (χ3v) is 4.16. The van der Waals surface area contributed by atoms with Crippen molar-refractivity contribution >= 4 is 11.8 Å². The molecule has 0 saturated carbocycles. The number of fused-ring (bicyclic) bond motifs is 1. The number of amides is 2. The topological polar surface area (TPSA) is 89.4 Å². The van der Waals surface area contributed by atoms with Crippen LogP contribution in [0.1, 0.15) is 25.7 Å². The first kappa shape index (κ1) is 15.2. The number of hydrogen-bond acceptors (Lipinski definition) is 4. The van der Waals surface area contributed by atoms with E-state index in [0.29, 0.717) is 38.8 Å². The first-order chi connectivity index (χ1) is 10.2. The Hall–Kier alpha value is -2.18. The van der Waals surface area contributed by atoms with Crippen LogP contribution in [0.25, 0.3) is 0 Å². The Balaban J connectivity index is 2.03. The van der Waals surface area contributed by atoms with Crippen molar-refractivity contribution in [3.63, 3.8) is 0 Å². The molecule has 2 amide bonds. The van der Waals surface area contributed by atoms with Crippen LogP contribution in [0.2, 0.25) is 0 Å². The maximum atomic E-state index is 12.4. The highest BCUT2D eigenvalue weighted by Gasteiger charge is 2.48. The number of carbonyl (C=O) groups is 2. The van der Waals surface area contributed by atoms with Gasteiger partial charge in [0, 0.05) is 0 Å². The molecule has 1 fully saturated rings. The lowest BCUT2D eigenvalue weighted by Gasteiger charge is -2.22. The Morgan fingerprint density at radius 2 is 1.52 bits per heavy atom. The number of allylic oxidation sites excluding steroid dienone is 2. The standard InChI is InChI=1S/C15H18N4O2/c16-7-3-9-18(10-4-8-17)11-19-14(20)12-5-1-2-6-13(12)15(19)21/h1-2,12-13H,3-6,9-11H2/p+1/t12-,13-/m1/s1. The summed E-state index contributed by atoms with van der Waals surface area (Å²) in [5.41, 5.74) is 0. The van der Waals surface area contributed by atoms with Crippen LogP contribution in [0.15, 0.2) is 12.2 Å². The van der Waals surface area contributed by atoms with E-state index in [0.717, 1.165) is 4.90 Å². The van der Waals surface area contributed by atoms with Crippen LogP contribution in [0.4, 0.5) is 0 Å². The summed E-state index contributed by atoms with van der Waals surface area (Å²) in [5.74, 6) is -0.618. The van der Waals surface area contributed by atoms with Gasteiger partial charge in [0.1, 0.15) is 0 Å². The van der Waals surface area contributed by atoms with Crippen molar-refractivity contribution < 1.29 is 14.5 Å². The monoisotopic (exact) mass is 287 g/mol. The molecule has 6 heteroatoms. The zero-order valence-corrected chi connectivity index (χ0v) is 11.9. The van der Waals surface area contributed by atoms with Crippen LogP contribution in [0, 0.1) is 34.5 Å². The Morgan fingerprint density at radius 1 is 1.05 bits per heavy atom. The van der Waals surface area contributed by atoms with Gasteiger partial charge in [0.05, 0.1) is 49.9 Å². The lowest BCUT2D eigenvalue weighted by Crippen LogP contribution is -3.13. The second-order valence-corrected chi connectivity index (χ2v) is 5.48. The van der Waals surface area contributed by atoms with E-state index in [9.17, 15) is 9.59 Å². The summed E-state index contributed by atoms with van der Waals surface area (Å²) in [6.07, 6.45) is 5.91. The molecular formula is C15H19N4O2+. The Labute approximate surface area is 124 Å². The number of nitriles is 2. The summed E-state index contributed by atoms with van der Waals surface area (Å²) in [5, 5.41) is 17.4. The summed E-state index contributed by atoms with van der Waals surface area (Å²) >= 11 is 0. The third kappa shape index (κ3) is 3.29. The van der Waals surface area contributed by atoms with Gasteiger partial charge in [-0.3, -0.25) is 9.59 Å². The van der Waals surface area contributed by atoms with E-state index in [-0.39, 0.29) is 30.3 Å². The van der Waals surface area contributed by atoms with Crippen LogP contribution in [0.5, 0.6) is 0 Å². The highest BCUT2D eigenvalue weighted by molar-refractivity contribution is 6.05. The van der Waals surface area contributed by atoms with Gasteiger partial charge in [-0.05, 0) is 12.8 Å². The molecule has 0 aromatic heterocycles. The highest BCUT2D eigenvalue weighted by atomic mass is 16.2. The summed E-state index contributed by atoms with van der Waals surface area (Å²) < 4.78 is 0. The third-order valence-electron chi connectivity index (χ3n) is 4.16.